The Morgan fingerprint density at radius 3 is 2.72 bits per heavy atom. The Morgan fingerprint density at radius 2 is 2.11 bits per heavy atom. The third kappa shape index (κ3) is 2.94. The van der Waals surface area contributed by atoms with Gasteiger partial charge in [0.2, 0.25) is 0 Å². The van der Waals surface area contributed by atoms with Crippen LogP contribution in [0.4, 0.5) is 4.79 Å². The molecular formula is C13H24N2O2S. The molecule has 1 N–H and O–H groups in total. The van der Waals surface area contributed by atoms with Crippen molar-refractivity contribution in [2.45, 2.75) is 44.9 Å². The van der Waals surface area contributed by atoms with Gasteiger partial charge in [-0.05, 0) is 40.0 Å². The van der Waals surface area contributed by atoms with Crippen molar-refractivity contribution in [2.75, 3.05) is 25.1 Å². The largest absolute Gasteiger partial charge is 0.444 e. The number of piperidine rings is 1. The summed E-state index contributed by atoms with van der Waals surface area (Å²) in [6, 6.07) is 0.889. The molecule has 0 aromatic carbocycles. The van der Waals surface area contributed by atoms with Crippen molar-refractivity contribution in [1.82, 2.24) is 10.2 Å². The third-order valence-corrected chi connectivity index (χ3v) is 4.89. The van der Waals surface area contributed by atoms with Crippen LogP contribution in [0, 0.1) is 5.92 Å². The summed E-state index contributed by atoms with van der Waals surface area (Å²) in [5.74, 6) is 2.76. The van der Waals surface area contributed by atoms with Gasteiger partial charge in [0.25, 0.3) is 0 Å². The first-order valence-corrected chi connectivity index (χ1v) is 7.82. The van der Waals surface area contributed by atoms with Crippen LogP contribution in [0.15, 0.2) is 0 Å². The molecule has 2 saturated heterocycles. The Morgan fingerprint density at radius 1 is 1.39 bits per heavy atom. The summed E-state index contributed by atoms with van der Waals surface area (Å²) in [7, 11) is 2.02. The lowest BCUT2D eigenvalue weighted by atomic mass is 9.87. The monoisotopic (exact) mass is 272 g/mol. The van der Waals surface area contributed by atoms with Crippen LogP contribution in [0.25, 0.3) is 0 Å². The zero-order valence-electron chi connectivity index (χ0n) is 11.7. The number of carbonyl (C=O) groups is 1. The SMILES string of the molecule is CNC1CCN(C(=O)OC(C)(C)C)C2CSCC12. The molecule has 2 aliphatic rings. The molecule has 2 aliphatic heterocycles. The molecule has 104 valence electrons. The maximum Gasteiger partial charge on any atom is 0.410 e. The van der Waals surface area contributed by atoms with Gasteiger partial charge in [-0.15, -0.1) is 0 Å². The molecule has 0 saturated carbocycles. The number of hydrogen-bond donors (Lipinski definition) is 1. The molecule has 0 aliphatic carbocycles. The first-order valence-electron chi connectivity index (χ1n) is 6.67. The number of carbonyl (C=O) groups excluding carboxylic acids is 1. The predicted octanol–water partition coefficient (Wildman–Crippen LogP) is 1.95. The first kappa shape index (κ1) is 14.0. The normalized spacial score (nSPS) is 32.2. The molecule has 18 heavy (non-hydrogen) atoms. The Kier molecular flexibility index (Phi) is 4.11. The van der Waals surface area contributed by atoms with Crippen molar-refractivity contribution >= 4 is 17.9 Å². The number of amides is 1. The zero-order chi connectivity index (χ0) is 13.3. The average molecular weight is 272 g/mol. The zero-order valence-corrected chi connectivity index (χ0v) is 12.5. The summed E-state index contributed by atoms with van der Waals surface area (Å²) in [5, 5.41) is 3.39. The van der Waals surface area contributed by atoms with Crippen LogP contribution in [0.5, 0.6) is 0 Å². The van der Waals surface area contributed by atoms with Crippen molar-refractivity contribution in [3.05, 3.63) is 0 Å². The molecule has 4 nitrogen and oxygen atoms in total. The summed E-state index contributed by atoms with van der Waals surface area (Å²) >= 11 is 1.95. The Hall–Kier alpha value is -0.420. The highest BCUT2D eigenvalue weighted by molar-refractivity contribution is 7.99. The maximum absolute atomic E-state index is 12.2. The molecule has 0 spiro atoms. The summed E-state index contributed by atoms with van der Waals surface area (Å²) in [5.41, 5.74) is -0.405. The summed E-state index contributed by atoms with van der Waals surface area (Å²) in [6.45, 7) is 6.58. The lowest BCUT2D eigenvalue weighted by molar-refractivity contribution is 0.00284. The van der Waals surface area contributed by atoms with Crippen LogP contribution in [0.2, 0.25) is 0 Å². The van der Waals surface area contributed by atoms with E-state index in [1.54, 1.807) is 0 Å². The van der Waals surface area contributed by atoms with E-state index in [2.05, 4.69) is 5.32 Å². The van der Waals surface area contributed by atoms with Crippen LogP contribution in [0.3, 0.4) is 0 Å². The Bertz CT molecular complexity index is 317. The molecule has 0 bridgehead atoms. The smallest absolute Gasteiger partial charge is 0.410 e. The van der Waals surface area contributed by atoms with E-state index in [0.717, 1.165) is 24.5 Å². The molecule has 2 rings (SSSR count). The van der Waals surface area contributed by atoms with E-state index in [1.165, 1.54) is 0 Å². The van der Waals surface area contributed by atoms with Crippen molar-refractivity contribution in [3.63, 3.8) is 0 Å². The number of fused-ring (bicyclic) bond motifs is 1. The van der Waals surface area contributed by atoms with Crippen LogP contribution in [0.1, 0.15) is 27.2 Å². The predicted molar refractivity (Wildman–Crippen MR) is 75.0 cm³/mol. The molecule has 0 aromatic heterocycles. The van der Waals surface area contributed by atoms with Crippen molar-refractivity contribution in [1.29, 1.82) is 0 Å². The van der Waals surface area contributed by atoms with Gasteiger partial charge in [0.05, 0.1) is 0 Å². The number of nitrogens with one attached hydrogen (secondary N) is 1. The second-order valence-corrected chi connectivity index (χ2v) is 7.20. The summed E-state index contributed by atoms with van der Waals surface area (Å²) < 4.78 is 5.51. The molecular weight excluding hydrogens is 248 g/mol. The minimum Gasteiger partial charge on any atom is -0.444 e. The Balaban J connectivity index is 2.04. The minimum absolute atomic E-state index is 0.144. The minimum atomic E-state index is -0.405. The molecule has 2 heterocycles. The number of hydrogen-bond acceptors (Lipinski definition) is 4. The maximum atomic E-state index is 12.2. The fourth-order valence-corrected chi connectivity index (χ4v) is 4.36. The second kappa shape index (κ2) is 5.29. The average Bonchev–Trinajstić information content (AvgIpc) is 2.73. The number of likely N-dealkylation sites (tertiary alicyclic amines) is 1. The molecule has 1 amide bonds. The van der Waals surface area contributed by atoms with Gasteiger partial charge in [0.15, 0.2) is 0 Å². The van der Waals surface area contributed by atoms with Gasteiger partial charge in [-0.1, -0.05) is 0 Å². The highest BCUT2D eigenvalue weighted by atomic mass is 32.2. The fourth-order valence-electron chi connectivity index (χ4n) is 2.83. The van der Waals surface area contributed by atoms with Gasteiger partial charge >= 0.3 is 6.09 Å². The van der Waals surface area contributed by atoms with Crippen LogP contribution >= 0.6 is 11.8 Å². The molecule has 2 fully saturated rings. The van der Waals surface area contributed by atoms with E-state index >= 15 is 0 Å². The topological polar surface area (TPSA) is 41.6 Å². The van der Waals surface area contributed by atoms with Gasteiger partial charge in [-0.2, -0.15) is 11.8 Å². The fraction of sp³-hybridized carbons (Fsp3) is 0.923. The van der Waals surface area contributed by atoms with E-state index in [4.69, 9.17) is 4.74 Å². The summed E-state index contributed by atoms with van der Waals surface area (Å²) in [6.07, 6.45) is 0.881. The highest BCUT2D eigenvalue weighted by Gasteiger charge is 2.43. The molecule has 3 unspecified atom stereocenters. The van der Waals surface area contributed by atoms with Gasteiger partial charge < -0.3 is 15.0 Å². The molecule has 0 radical (unpaired) electrons. The standard InChI is InChI=1S/C13H24N2O2S/c1-13(2,3)17-12(16)15-6-5-10(14-4)9-7-18-8-11(9)15/h9-11,14H,5-8H2,1-4H3. The van der Waals surface area contributed by atoms with Crippen LogP contribution in [-0.2, 0) is 4.74 Å². The first-order chi connectivity index (χ1) is 8.42. The van der Waals surface area contributed by atoms with E-state index in [0.29, 0.717) is 18.0 Å². The quantitative estimate of drug-likeness (QED) is 0.792. The molecule has 5 heteroatoms. The number of thioether (sulfide) groups is 1. The van der Waals surface area contributed by atoms with Crippen LogP contribution in [-0.4, -0.2) is 53.8 Å². The van der Waals surface area contributed by atoms with Crippen molar-refractivity contribution < 1.29 is 9.53 Å². The number of nitrogens with zero attached hydrogens (tertiary/aromatic N) is 1. The van der Waals surface area contributed by atoms with Gasteiger partial charge in [0.1, 0.15) is 5.60 Å². The van der Waals surface area contributed by atoms with Gasteiger partial charge in [0, 0.05) is 30.3 Å². The van der Waals surface area contributed by atoms with E-state index in [9.17, 15) is 4.79 Å². The highest BCUT2D eigenvalue weighted by Crippen LogP contribution is 2.36. The lowest BCUT2D eigenvalue weighted by Crippen LogP contribution is -2.56. The van der Waals surface area contributed by atoms with Crippen molar-refractivity contribution in [3.8, 4) is 0 Å². The number of ether oxygens (including phenoxy) is 1. The second-order valence-electron chi connectivity index (χ2n) is 6.13. The van der Waals surface area contributed by atoms with Gasteiger partial charge in [-0.3, -0.25) is 0 Å². The van der Waals surface area contributed by atoms with Crippen molar-refractivity contribution in [2.24, 2.45) is 5.92 Å². The molecule has 0 aromatic rings. The lowest BCUT2D eigenvalue weighted by Gasteiger charge is -2.42. The third-order valence-electron chi connectivity index (χ3n) is 3.69. The number of rotatable bonds is 1. The molecule has 3 atom stereocenters. The van der Waals surface area contributed by atoms with E-state index in [1.807, 2.05) is 44.5 Å². The van der Waals surface area contributed by atoms with E-state index in [-0.39, 0.29) is 6.09 Å². The van der Waals surface area contributed by atoms with E-state index < -0.39 is 5.60 Å². The van der Waals surface area contributed by atoms with Crippen LogP contribution < -0.4 is 5.32 Å². The Labute approximate surface area is 114 Å². The van der Waals surface area contributed by atoms with Gasteiger partial charge in [-0.25, -0.2) is 4.79 Å². The summed E-state index contributed by atoms with van der Waals surface area (Å²) in [4.78, 5) is 14.2.